The van der Waals surface area contributed by atoms with Crippen LogP contribution in [0.1, 0.15) is 0 Å². The van der Waals surface area contributed by atoms with Crippen molar-refractivity contribution in [2.75, 3.05) is 13.2 Å². The third-order valence-electron chi connectivity index (χ3n) is 2.78. The Hall–Kier alpha value is -1.96. The highest BCUT2D eigenvalue weighted by atomic mass is 79.9. The van der Waals surface area contributed by atoms with E-state index in [-0.39, 0.29) is 19.0 Å². The largest absolute Gasteiger partial charge is 0.484 e. The van der Waals surface area contributed by atoms with Gasteiger partial charge in [0.05, 0.1) is 5.02 Å². The van der Waals surface area contributed by atoms with Gasteiger partial charge in [-0.25, -0.2) is 0 Å². The van der Waals surface area contributed by atoms with Gasteiger partial charge in [-0.1, -0.05) is 39.1 Å². The van der Waals surface area contributed by atoms with Crippen LogP contribution in [-0.4, -0.2) is 25.0 Å². The van der Waals surface area contributed by atoms with Gasteiger partial charge in [-0.15, -0.1) is 0 Å². The maximum absolute atomic E-state index is 11.7. The van der Waals surface area contributed by atoms with E-state index in [1.54, 1.807) is 36.4 Å². The van der Waals surface area contributed by atoms with Crippen LogP contribution >= 0.6 is 39.1 Å². The number of halogens is 3. The van der Waals surface area contributed by atoms with Crippen LogP contribution in [0.4, 0.5) is 0 Å². The van der Waals surface area contributed by atoms with Gasteiger partial charge >= 0.3 is 0 Å². The average Bonchev–Trinajstić information content (AvgIpc) is 2.60. The molecule has 9 heteroatoms. The van der Waals surface area contributed by atoms with Crippen LogP contribution in [0.3, 0.4) is 0 Å². The number of carbonyl (C=O) groups excluding carboxylic acids is 2. The van der Waals surface area contributed by atoms with Crippen molar-refractivity contribution in [2.45, 2.75) is 0 Å². The topological polar surface area (TPSA) is 76.7 Å². The first-order chi connectivity index (χ1) is 11.9. The lowest BCUT2D eigenvalue weighted by molar-refractivity contribution is -0.131. The van der Waals surface area contributed by atoms with E-state index in [0.29, 0.717) is 15.8 Å². The molecule has 6 nitrogen and oxygen atoms in total. The van der Waals surface area contributed by atoms with Gasteiger partial charge in [0.15, 0.2) is 13.2 Å². The first-order valence-electron chi connectivity index (χ1n) is 6.98. The predicted octanol–water partition coefficient (Wildman–Crippen LogP) is 3.36. The van der Waals surface area contributed by atoms with E-state index in [0.717, 1.165) is 4.47 Å². The molecule has 0 aromatic heterocycles. The monoisotopic (exact) mass is 446 g/mol. The second kappa shape index (κ2) is 9.50. The van der Waals surface area contributed by atoms with Gasteiger partial charge in [0, 0.05) is 15.6 Å². The molecule has 0 aliphatic carbocycles. The molecule has 2 amide bonds. The molecule has 2 aromatic carbocycles. The van der Waals surface area contributed by atoms with E-state index >= 15 is 0 Å². The Morgan fingerprint density at radius 2 is 1.52 bits per heavy atom. The molecular weight excluding hydrogens is 435 g/mol. The minimum absolute atomic E-state index is 0.247. The highest BCUT2D eigenvalue weighted by Gasteiger charge is 2.08. The quantitative estimate of drug-likeness (QED) is 0.665. The lowest BCUT2D eigenvalue weighted by Crippen LogP contribution is -2.45. The van der Waals surface area contributed by atoms with Gasteiger partial charge in [0.2, 0.25) is 0 Å². The zero-order valence-electron chi connectivity index (χ0n) is 12.7. The molecule has 0 bridgehead atoms. The van der Waals surface area contributed by atoms with Crippen LogP contribution < -0.4 is 20.3 Å². The number of nitrogens with one attached hydrogen (secondary N) is 2. The van der Waals surface area contributed by atoms with Crippen LogP contribution in [0.5, 0.6) is 11.5 Å². The standard InChI is InChI=1S/C16H13BrCl2N2O4/c17-10-1-4-12(5-2-10)24-8-15(22)20-21-16(23)9-25-14-7-11(18)3-6-13(14)19/h1-7H,8-9H2,(H,20,22)(H,21,23). The SMILES string of the molecule is O=C(COc1ccc(Br)cc1)NNC(=O)COc1cc(Cl)ccc1Cl. The molecule has 0 atom stereocenters. The molecule has 25 heavy (non-hydrogen) atoms. The Morgan fingerprint density at radius 1 is 0.920 bits per heavy atom. The highest BCUT2D eigenvalue weighted by Crippen LogP contribution is 2.27. The zero-order chi connectivity index (χ0) is 18.2. The van der Waals surface area contributed by atoms with Gasteiger partial charge < -0.3 is 9.47 Å². The predicted molar refractivity (Wildman–Crippen MR) is 97.9 cm³/mol. The van der Waals surface area contributed by atoms with Gasteiger partial charge in [-0.2, -0.15) is 0 Å². The zero-order valence-corrected chi connectivity index (χ0v) is 15.8. The maximum Gasteiger partial charge on any atom is 0.276 e. The second-order valence-electron chi connectivity index (χ2n) is 4.70. The molecule has 0 aliphatic heterocycles. The van der Waals surface area contributed by atoms with E-state index < -0.39 is 11.8 Å². The number of ether oxygens (including phenoxy) is 2. The van der Waals surface area contributed by atoms with Gasteiger partial charge in [0.25, 0.3) is 11.8 Å². The molecule has 0 radical (unpaired) electrons. The molecule has 0 fully saturated rings. The lowest BCUT2D eigenvalue weighted by Gasteiger charge is -2.10. The number of benzene rings is 2. The number of amides is 2. The fourth-order valence-electron chi connectivity index (χ4n) is 1.62. The summed E-state index contributed by atoms with van der Waals surface area (Å²) in [5.41, 5.74) is 4.42. The maximum atomic E-state index is 11.7. The molecule has 2 rings (SSSR count). The van der Waals surface area contributed by atoms with Crippen LogP contribution in [0.15, 0.2) is 46.9 Å². The molecule has 0 unspecified atom stereocenters. The van der Waals surface area contributed by atoms with Crippen LogP contribution in [0.25, 0.3) is 0 Å². The molecule has 0 saturated heterocycles. The summed E-state index contributed by atoms with van der Waals surface area (Å²) in [6.45, 7) is -0.587. The summed E-state index contributed by atoms with van der Waals surface area (Å²) in [6, 6.07) is 11.6. The third-order valence-corrected chi connectivity index (χ3v) is 3.85. The Bertz CT molecular complexity index is 756. The molecule has 0 spiro atoms. The van der Waals surface area contributed by atoms with Gasteiger partial charge in [0.1, 0.15) is 11.5 Å². The van der Waals surface area contributed by atoms with Gasteiger partial charge in [-0.3, -0.25) is 20.4 Å². The number of hydrogen-bond donors (Lipinski definition) is 2. The summed E-state index contributed by atoms with van der Waals surface area (Å²) in [5, 5.41) is 0.752. The Balaban J connectivity index is 1.69. The fourth-order valence-corrected chi connectivity index (χ4v) is 2.22. The van der Waals surface area contributed by atoms with E-state index in [2.05, 4.69) is 26.8 Å². The molecule has 0 saturated carbocycles. The minimum Gasteiger partial charge on any atom is -0.484 e. The number of rotatable bonds is 6. The summed E-state index contributed by atoms with van der Waals surface area (Å²) in [5.74, 6) is -0.275. The van der Waals surface area contributed by atoms with Crippen LogP contribution in [-0.2, 0) is 9.59 Å². The highest BCUT2D eigenvalue weighted by molar-refractivity contribution is 9.10. The smallest absolute Gasteiger partial charge is 0.276 e. The van der Waals surface area contributed by atoms with Crippen molar-refractivity contribution < 1.29 is 19.1 Å². The molecule has 132 valence electrons. The lowest BCUT2D eigenvalue weighted by atomic mass is 10.3. The normalized spacial score (nSPS) is 10.0. The van der Waals surface area contributed by atoms with Crippen molar-refractivity contribution in [2.24, 2.45) is 0 Å². The minimum atomic E-state index is -0.562. The van der Waals surface area contributed by atoms with E-state index in [1.807, 2.05) is 0 Å². The van der Waals surface area contributed by atoms with Crippen LogP contribution in [0, 0.1) is 0 Å². The number of carbonyl (C=O) groups is 2. The second-order valence-corrected chi connectivity index (χ2v) is 6.46. The molecule has 2 N–H and O–H groups in total. The summed E-state index contributed by atoms with van der Waals surface area (Å²) in [6.07, 6.45) is 0. The molecule has 2 aromatic rings. The Kier molecular flexibility index (Phi) is 7.36. The summed E-state index contributed by atoms with van der Waals surface area (Å²) < 4.78 is 11.4. The molecule has 0 heterocycles. The van der Waals surface area contributed by atoms with Crippen molar-refractivity contribution in [3.05, 3.63) is 57.0 Å². The first-order valence-corrected chi connectivity index (χ1v) is 8.53. The summed E-state index contributed by atoms with van der Waals surface area (Å²) in [7, 11) is 0. The molecule has 0 aliphatic rings. The Morgan fingerprint density at radius 3 is 2.16 bits per heavy atom. The van der Waals surface area contributed by atoms with E-state index in [1.165, 1.54) is 6.07 Å². The first kappa shape index (κ1) is 19.4. The van der Waals surface area contributed by atoms with Crippen LogP contribution in [0.2, 0.25) is 10.0 Å². The average molecular weight is 448 g/mol. The van der Waals surface area contributed by atoms with E-state index in [9.17, 15) is 9.59 Å². The Labute approximate surface area is 162 Å². The van der Waals surface area contributed by atoms with Crippen molar-refractivity contribution in [1.29, 1.82) is 0 Å². The number of hydrazine groups is 1. The summed E-state index contributed by atoms with van der Waals surface area (Å²) >= 11 is 15.0. The van der Waals surface area contributed by atoms with Crippen molar-refractivity contribution >= 4 is 50.9 Å². The van der Waals surface area contributed by atoms with E-state index in [4.69, 9.17) is 32.7 Å². The van der Waals surface area contributed by atoms with Crippen molar-refractivity contribution in [3.8, 4) is 11.5 Å². The van der Waals surface area contributed by atoms with Crippen molar-refractivity contribution in [1.82, 2.24) is 10.9 Å². The summed E-state index contributed by atoms with van der Waals surface area (Å²) in [4.78, 5) is 23.3. The molecular formula is C16H13BrCl2N2O4. The third kappa shape index (κ3) is 6.81. The van der Waals surface area contributed by atoms with Crippen molar-refractivity contribution in [3.63, 3.8) is 0 Å². The van der Waals surface area contributed by atoms with Gasteiger partial charge in [-0.05, 0) is 36.4 Å². The number of hydrogen-bond acceptors (Lipinski definition) is 4. The fraction of sp³-hybridized carbons (Fsp3) is 0.125.